The second-order valence-corrected chi connectivity index (χ2v) is 8.17. The predicted octanol–water partition coefficient (Wildman–Crippen LogP) is 3.94. The van der Waals surface area contributed by atoms with Gasteiger partial charge in [-0.2, -0.15) is 0 Å². The van der Waals surface area contributed by atoms with Gasteiger partial charge in [0.05, 0.1) is 23.1 Å². The van der Waals surface area contributed by atoms with Crippen LogP contribution in [0.25, 0.3) is 0 Å². The summed E-state index contributed by atoms with van der Waals surface area (Å²) in [4.78, 5) is 40.3. The van der Waals surface area contributed by atoms with E-state index in [9.17, 15) is 14.4 Å². The lowest BCUT2D eigenvalue weighted by Gasteiger charge is -2.35. The zero-order valence-electron chi connectivity index (χ0n) is 18.3. The number of nitrogens with zero attached hydrogens (tertiary/aromatic N) is 1. The number of nitrogens with one attached hydrogen (secondary N) is 2. The van der Waals surface area contributed by atoms with Crippen LogP contribution in [0.2, 0.25) is 0 Å². The van der Waals surface area contributed by atoms with Crippen LogP contribution in [0.15, 0.2) is 53.0 Å². The van der Waals surface area contributed by atoms with Crippen LogP contribution in [0.1, 0.15) is 41.5 Å². The third-order valence-corrected chi connectivity index (χ3v) is 5.88. The lowest BCUT2D eigenvalue weighted by molar-refractivity contribution is -0.140. The van der Waals surface area contributed by atoms with E-state index in [-0.39, 0.29) is 25.2 Å². The number of rotatable bonds is 9. The highest BCUT2D eigenvalue weighted by Crippen LogP contribution is 2.32. The molecule has 3 amide bonds. The van der Waals surface area contributed by atoms with E-state index in [1.54, 1.807) is 42.2 Å². The van der Waals surface area contributed by atoms with Crippen LogP contribution in [0.5, 0.6) is 0 Å². The molecule has 2 heterocycles. The van der Waals surface area contributed by atoms with E-state index in [2.05, 4.69) is 10.6 Å². The average Bonchev–Trinajstić information content (AvgIpc) is 3.32. The normalized spacial score (nSPS) is 16.0. The molecule has 1 aromatic heterocycles. The molecule has 1 atom stereocenters. The van der Waals surface area contributed by atoms with Gasteiger partial charge in [-0.25, -0.2) is 9.59 Å². The van der Waals surface area contributed by atoms with Gasteiger partial charge in [0.15, 0.2) is 0 Å². The maximum Gasteiger partial charge on any atom is 0.338 e. The highest BCUT2D eigenvalue weighted by molar-refractivity contribution is 7.12. The molecule has 0 aliphatic carbocycles. The molecule has 9 heteroatoms. The van der Waals surface area contributed by atoms with Crippen LogP contribution >= 0.6 is 11.3 Å². The Labute approximate surface area is 191 Å². The van der Waals surface area contributed by atoms with Crippen molar-refractivity contribution in [3.63, 3.8) is 0 Å². The molecule has 2 aromatic rings. The van der Waals surface area contributed by atoms with Gasteiger partial charge in [0.1, 0.15) is 6.61 Å². The number of benzene rings is 1. The van der Waals surface area contributed by atoms with Gasteiger partial charge in [0, 0.05) is 25.0 Å². The van der Waals surface area contributed by atoms with Gasteiger partial charge >= 0.3 is 12.0 Å². The maximum atomic E-state index is 13.0. The minimum Gasteiger partial charge on any atom is -0.460 e. The number of hydrogen-bond donors (Lipinski definition) is 2. The molecule has 0 bridgehead atoms. The van der Waals surface area contributed by atoms with Crippen LogP contribution in [0, 0.1) is 0 Å². The molecule has 2 N–H and O–H groups in total. The number of hydrogen-bond acceptors (Lipinski definition) is 6. The Balaban J connectivity index is 1.92. The molecular weight excluding hydrogens is 430 g/mol. The Kier molecular flexibility index (Phi) is 8.02. The van der Waals surface area contributed by atoms with Crippen LogP contribution in [-0.2, 0) is 14.3 Å². The Bertz CT molecular complexity index is 1000. The highest BCUT2D eigenvalue weighted by atomic mass is 32.1. The number of anilines is 1. The number of esters is 1. The van der Waals surface area contributed by atoms with Gasteiger partial charge in [-0.05, 0) is 42.5 Å². The number of allylic oxidation sites excluding steroid dienone is 1. The van der Waals surface area contributed by atoms with Gasteiger partial charge in [0.2, 0.25) is 0 Å². The molecule has 32 heavy (non-hydrogen) atoms. The first-order valence-corrected chi connectivity index (χ1v) is 11.2. The minimum atomic E-state index is -0.704. The van der Waals surface area contributed by atoms with Gasteiger partial charge in [0.25, 0.3) is 5.91 Å². The zero-order valence-corrected chi connectivity index (χ0v) is 19.2. The number of amides is 3. The maximum absolute atomic E-state index is 13.0. The fourth-order valence-electron chi connectivity index (χ4n) is 3.48. The molecule has 1 unspecified atom stereocenters. The van der Waals surface area contributed by atoms with Crippen molar-refractivity contribution < 1.29 is 23.9 Å². The SMILES string of the molecule is CCCN1C(=O)NC(c2cccc(NC(=O)c3cccs3)c2)C(C(=O)OCCOC)=C1C. The molecule has 0 saturated heterocycles. The third kappa shape index (κ3) is 5.35. The molecule has 1 aliphatic heterocycles. The van der Waals surface area contributed by atoms with E-state index >= 15 is 0 Å². The van der Waals surface area contributed by atoms with Crippen LogP contribution in [-0.4, -0.2) is 49.7 Å². The standard InChI is InChI=1S/C23H27N3O5S/c1-4-10-26-15(2)19(22(28)31-12-11-30-3)20(25-23(26)29)16-7-5-8-17(14-16)24-21(27)18-9-6-13-32-18/h5-9,13-14,20H,4,10-12H2,1-3H3,(H,24,27)(H,25,29). The van der Waals surface area contributed by atoms with Crippen molar-refractivity contribution in [1.29, 1.82) is 0 Å². The highest BCUT2D eigenvalue weighted by Gasteiger charge is 2.36. The van der Waals surface area contributed by atoms with E-state index in [0.29, 0.717) is 33.9 Å². The van der Waals surface area contributed by atoms with Crippen LogP contribution < -0.4 is 10.6 Å². The van der Waals surface area contributed by atoms with E-state index in [1.165, 1.54) is 18.4 Å². The Hall–Kier alpha value is -3.17. The monoisotopic (exact) mass is 457 g/mol. The van der Waals surface area contributed by atoms with Crippen molar-refractivity contribution in [1.82, 2.24) is 10.2 Å². The molecule has 1 aliphatic rings. The molecule has 0 fully saturated rings. The number of methoxy groups -OCH3 is 1. The van der Waals surface area contributed by atoms with Gasteiger partial charge in [-0.1, -0.05) is 25.1 Å². The summed E-state index contributed by atoms with van der Waals surface area (Å²) in [6, 6.07) is 9.65. The largest absolute Gasteiger partial charge is 0.460 e. The molecule has 0 spiro atoms. The smallest absolute Gasteiger partial charge is 0.338 e. The molecule has 8 nitrogen and oxygen atoms in total. The van der Waals surface area contributed by atoms with Gasteiger partial charge < -0.3 is 20.1 Å². The minimum absolute atomic E-state index is 0.109. The molecule has 1 aromatic carbocycles. The molecule has 170 valence electrons. The first-order valence-electron chi connectivity index (χ1n) is 10.4. The second kappa shape index (κ2) is 10.9. The third-order valence-electron chi connectivity index (χ3n) is 5.01. The molecule has 0 saturated carbocycles. The van der Waals surface area contributed by atoms with E-state index in [4.69, 9.17) is 9.47 Å². The first-order chi connectivity index (χ1) is 15.5. The van der Waals surface area contributed by atoms with Crippen LogP contribution in [0.3, 0.4) is 0 Å². The van der Waals surface area contributed by atoms with E-state index in [0.717, 1.165) is 6.42 Å². The fourth-order valence-corrected chi connectivity index (χ4v) is 4.10. The van der Waals surface area contributed by atoms with Crippen LogP contribution in [0.4, 0.5) is 10.5 Å². The number of urea groups is 1. The molecule has 3 rings (SSSR count). The van der Waals surface area contributed by atoms with E-state index < -0.39 is 12.0 Å². The van der Waals surface area contributed by atoms with Gasteiger partial charge in [-0.3, -0.25) is 9.69 Å². The quantitative estimate of drug-likeness (QED) is 0.439. The summed E-state index contributed by atoms with van der Waals surface area (Å²) in [6.07, 6.45) is 0.742. The summed E-state index contributed by atoms with van der Waals surface area (Å²) >= 11 is 1.35. The first kappa shape index (κ1) is 23.5. The number of ether oxygens (including phenoxy) is 2. The van der Waals surface area contributed by atoms with Crippen molar-refractivity contribution >= 4 is 34.9 Å². The van der Waals surface area contributed by atoms with Gasteiger partial charge in [-0.15, -0.1) is 11.3 Å². The Morgan fingerprint density at radius 2 is 2.03 bits per heavy atom. The lowest BCUT2D eigenvalue weighted by Crippen LogP contribution is -2.48. The summed E-state index contributed by atoms with van der Waals surface area (Å²) in [5.41, 5.74) is 2.14. The van der Waals surface area contributed by atoms with Crippen molar-refractivity contribution in [2.24, 2.45) is 0 Å². The lowest BCUT2D eigenvalue weighted by atomic mass is 9.94. The fraction of sp³-hybridized carbons (Fsp3) is 0.348. The number of carbonyl (C=O) groups excluding carboxylic acids is 3. The summed E-state index contributed by atoms with van der Waals surface area (Å²) in [5, 5.41) is 7.61. The number of carbonyl (C=O) groups is 3. The molecular formula is C23H27N3O5S. The number of thiophene rings is 1. The summed E-state index contributed by atoms with van der Waals surface area (Å²) in [5.74, 6) is -0.733. The second-order valence-electron chi connectivity index (χ2n) is 7.22. The zero-order chi connectivity index (χ0) is 23.1. The average molecular weight is 458 g/mol. The van der Waals surface area contributed by atoms with Crippen molar-refractivity contribution in [3.05, 3.63) is 63.5 Å². The van der Waals surface area contributed by atoms with Crippen molar-refractivity contribution in [3.8, 4) is 0 Å². The molecule has 0 radical (unpaired) electrons. The topological polar surface area (TPSA) is 97.0 Å². The van der Waals surface area contributed by atoms with Crippen molar-refractivity contribution in [2.45, 2.75) is 26.3 Å². The summed E-state index contributed by atoms with van der Waals surface area (Å²) in [7, 11) is 1.53. The Morgan fingerprint density at radius 3 is 2.72 bits per heavy atom. The summed E-state index contributed by atoms with van der Waals surface area (Å²) < 4.78 is 10.3. The Morgan fingerprint density at radius 1 is 1.22 bits per heavy atom. The van der Waals surface area contributed by atoms with Crippen molar-refractivity contribution in [2.75, 3.05) is 32.2 Å². The van der Waals surface area contributed by atoms with E-state index in [1.807, 2.05) is 18.4 Å². The summed E-state index contributed by atoms with van der Waals surface area (Å²) in [6.45, 7) is 4.57. The predicted molar refractivity (Wildman–Crippen MR) is 123 cm³/mol.